The molecule has 1 unspecified atom stereocenters. The number of Topliss-reactive ketones (excluding diaryl/α,β-unsaturated/α-hetero) is 1. The first kappa shape index (κ1) is 15.2. The van der Waals surface area contributed by atoms with Crippen molar-refractivity contribution in [3.63, 3.8) is 0 Å². The van der Waals surface area contributed by atoms with Crippen molar-refractivity contribution in [3.8, 4) is 5.75 Å². The summed E-state index contributed by atoms with van der Waals surface area (Å²) >= 11 is 3.41. The first-order valence-corrected chi connectivity index (χ1v) is 6.84. The summed E-state index contributed by atoms with van der Waals surface area (Å²) in [6.45, 7) is 4.13. The predicted octanol–water partition coefficient (Wildman–Crippen LogP) is 2.94. The molecule has 0 aliphatic carbocycles. The second kappa shape index (κ2) is 6.90. The first-order chi connectivity index (χ1) is 8.43. The molecule has 0 saturated carbocycles. The number of carbonyl (C=O) groups is 1. The van der Waals surface area contributed by atoms with Gasteiger partial charge in [0.1, 0.15) is 5.75 Å². The molecule has 3 nitrogen and oxygen atoms in total. The van der Waals surface area contributed by atoms with Crippen LogP contribution in [-0.2, 0) is 11.2 Å². The van der Waals surface area contributed by atoms with Gasteiger partial charge in [0, 0.05) is 6.42 Å². The second-order valence-electron chi connectivity index (χ2n) is 4.85. The molecule has 0 spiro atoms. The Morgan fingerprint density at radius 2 is 2.11 bits per heavy atom. The summed E-state index contributed by atoms with van der Waals surface area (Å²) in [4.78, 5) is 11.9. The van der Waals surface area contributed by atoms with Gasteiger partial charge in [0.05, 0.1) is 17.6 Å². The van der Waals surface area contributed by atoms with Crippen molar-refractivity contribution in [1.29, 1.82) is 0 Å². The lowest BCUT2D eigenvalue weighted by molar-refractivity contribution is -0.120. The molecule has 18 heavy (non-hydrogen) atoms. The molecule has 1 aromatic carbocycles. The van der Waals surface area contributed by atoms with E-state index < -0.39 is 0 Å². The van der Waals surface area contributed by atoms with Gasteiger partial charge < -0.3 is 10.5 Å². The number of carbonyl (C=O) groups excluding carboxylic acids is 1. The summed E-state index contributed by atoms with van der Waals surface area (Å²) in [7, 11) is 1.61. The number of nitrogens with two attached hydrogens (primary N) is 1. The van der Waals surface area contributed by atoms with Crippen molar-refractivity contribution in [2.24, 2.45) is 11.7 Å². The van der Waals surface area contributed by atoms with Gasteiger partial charge in [0.2, 0.25) is 0 Å². The third kappa shape index (κ3) is 4.42. The maximum absolute atomic E-state index is 11.9. The smallest absolute Gasteiger partial charge is 0.153 e. The Balaban J connectivity index is 2.67. The number of hydrogen-bond acceptors (Lipinski definition) is 3. The van der Waals surface area contributed by atoms with Gasteiger partial charge in [-0.2, -0.15) is 0 Å². The number of rotatable bonds is 6. The fraction of sp³-hybridized carbons (Fsp3) is 0.500. The number of methoxy groups -OCH3 is 1. The third-order valence-electron chi connectivity index (χ3n) is 2.73. The number of ether oxygens (including phenoxy) is 1. The molecular formula is C14H20BrNO2. The Morgan fingerprint density at radius 1 is 1.44 bits per heavy atom. The fourth-order valence-electron chi connectivity index (χ4n) is 1.79. The standard InChI is InChI=1S/C14H20BrNO2/c1-9(2)6-12(16)13(17)8-10-4-5-14(18-3)11(15)7-10/h4-5,7,9,12H,6,8,16H2,1-3H3. The van der Waals surface area contributed by atoms with Gasteiger partial charge >= 0.3 is 0 Å². The van der Waals surface area contributed by atoms with E-state index in [2.05, 4.69) is 29.8 Å². The third-order valence-corrected chi connectivity index (χ3v) is 3.35. The van der Waals surface area contributed by atoms with Crippen LogP contribution in [0.4, 0.5) is 0 Å². The van der Waals surface area contributed by atoms with Crippen molar-refractivity contribution in [1.82, 2.24) is 0 Å². The molecule has 0 amide bonds. The van der Waals surface area contributed by atoms with Crippen molar-refractivity contribution >= 4 is 21.7 Å². The first-order valence-electron chi connectivity index (χ1n) is 6.04. The van der Waals surface area contributed by atoms with Crippen LogP contribution in [-0.4, -0.2) is 18.9 Å². The van der Waals surface area contributed by atoms with E-state index in [0.717, 1.165) is 22.2 Å². The minimum absolute atomic E-state index is 0.0840. The van der Waals surface area contributed by atoms with Crippen LogP contribution in [0.2, 0.25) is 0 Å². The highest BCUT2D eigenvalue weighted by atomic mass is 79.9. The number of hydrogen-bond donors (Lipinski definition) is 1. The average Bonchev–Trinajstić information content (AvgIpc) is 2.28. The molecule has 1 atom stereocenters. The highest BCUT2D eigenvalue weighted by molar-refractivity contribution is 9.10. The van der Waals surface area contributed by atoms with Gasteiger partial charge in [-0.05, 0) is 46.0 Å². The van der Waals surface area contributed by atoms with Crippen LogP contribution in [0.1, 0.15) is 25.8 Å². The molecule has 0 heterocycles. The average molecular weight is 314 g/mol. The summed E-state index contributed by atoms with van der Waals surface area (Å²) in [5, 5.41) is 0. The van der Waals surface area contributed by atoms with E-state index in [4.69, 9.17) is 10.5 Å². The zero-order valence-electron chi connectivity index (χ0n) is 11.1. The Kier molecular flexibility index (Phi) is 5.82. The van der Waals surface area contributed by atoms with Gasteiger partial charge in [0.25, 0.3) is 0 Å². The van der Waals surface area contributed by atoms with Gasteiger partial charge in [0.15, 0.2) is 5.78 Å². The van der Waals surface area contributed by atoms with E-state index in [1.807, 2.05) is 18.2 Å². The van der Waals surface area contributed by atoms with Gasteiger partial charge in [-0.3, -0.25) is 4.79 Å². The Morgan fingerprint density at radius 3 is 2.61 bits per heavy atom. The molecule has 0 aliphatic rings. The Bertz CT molecular complexity index is 418. The van der Waals surface area contributed by atoms with E-state index in [9.17, 15) is 4.79 Å². The quantitative estimate of drug-likeness (QED) is 0.878. The summed E-state index contributed by atoms with van der Waals surface area (Å²) in [6.07, 6.45) is 1.10. The summed E-state index contributed by atoms with van der Waals surface area (Å²) < 4.78 is 6.00. The van der Waals surface area contributed by atoms with Crippen LogP contribution in [0.5, 0.6) is 5.75 Å². The number of benzene rings is 1. The van der Waals surface area contributed by atoms with Crippen molar-refractivity contribution in [2.45, 2.75) is 32.7 Å². The molecule has 0 fully saturated rings. The van der Waals surface area contributed by atoms with Crippen molar-refractivity contribution in [2.75, 3.05) is 7.11 Å². The maximum atomic E-state index is 11.9. The van der Waals surface area contributed by atoms with E-state index in [1.165, 1.54) is 0 Å². The molecule has 1 aromatic rings. The van der Waals surface area contributed by atoms with Crippen LogP contribution >= 0.6 is 15.9 Å². The Hall–Kier alpha value is -0.870. The van der Waals surface area contributed by atoms with Crippen molar-refractivity contribution in [3.05, 3.63) is 28.2 Å². The molecular weight excluding hydrogens is 294 g/mol. The zero-order chi connectivity index (χ0) is 13.7. The Labute approximate surface area is 117 Å². The van der Waals surface area contributed by atoms with Gasteiger partial charge in [-0.15, -0.1) is 0 Å². The number of halogens is 1. The van der Waals surface area contributed by atoms with Crippen molar-refractivity contribution < 1.29 is 9.53 Å². The highest BCUT2D eigenvalue weighted by Crippen LogP contribution is 2.25. The largest absolute Gasteiger partial charge is 0.496 e. The molecule has 2 N–H and O–H groups in total. The number of ketones is 1. The molecule has 100 valence electrons. The normalized spacial score (nSPS) is 12.6. The van der Waals surface area contributed by atoms with Crippen LogP contribution in [0.15, 0.2) is 22.7 Å². The summed E-state index contributed by atoms with van der Waals surface area (Å²) in [5.41, 5.74) is 6.82. The minimum atomic E-state index is -0.370. The van der Waals surface area contributed by atoms with Crippen LogP contribution < -0.4 is 10.5 Å². The lowest BCUT2D eigenvalue weighted by Gasteiger charge is -2.13. The molecule has 0 radical (unpaired) electrons. The zero-order valence-corrected chi connectivity index (χ0v) is 12.7. The fourth-order valence-corrected chi connectivity index (χ4v) is 2.38. The van der Waals surface area contributed by atoms with E-state index in [1.54, 1.807) is 7.11 Å². The molecule has 4 heteroatoms. The van der Waals surface area contributed by atoms with E-state index >= 15 is 0 Å². The predicted molar refractivity (Wildman–Crippen MR) is 76.8 cm³/mol. The molecule has 0 saturated heterocycles. The van der Waals surface area contributed by atoms with E-state index in [0.29, 0.717) is 12.3 Å². The summed E-state index contributed by atoms with van der Waals surface area (Å²) in [6, 6.07) is 5.27. The van der Waals surface area contributed by atoms with Crippen LogP contribution in [0.3, 0.4) is 0 Å². The van der Waals surface area contributed by atoms with Crippen LogP contribution in [0.25, 0.3) is 0 Å². The molecule has 0 aliphatic heterocycles. The molecule has 1 rings (SSSR count). The maximum Gasteiger partial charge on any atom is 0.153 e. The second-order valence-corrected chi connectivity index (χ2v) is 5.70. The topological polar surface area (TPSA) is 52.3 Å². The molecule has 0 bridgehead atoms. The molecule has 0 aromatic heterocycles. The lowest BCUT2D eigenvalue weighted by Crippen LogP contribution is -2.33. The summed E-state index contributed by atoms with van der Waals surface area (Å²) in [5.74, 6) is 1.28. The highest BCUT2D eigenvalue weighted by Gasteiger charge is 2.15. The SMILES string of the molecule is COc1ccc(CC(=O)C(N)CC(C)C)cc1Br. The van der Waals surface area contributed by atoms with Crippen LogP contribution in [0, 0.1) is 5.92 Å². The lowest BCUT2D eigenvalue weighted by atomic mass is 9.97. The van der Waals surface area contributed by atoms with E-state index in [-0.39, 0.29) is 11.8 Å². The van der Waals surface area contributed by atoms with Gasteiger partial charge in [-0.1, -0.05) is 19.9 Å². The van der Waals surface area contributed by atoms with Gasteiger partial charge in [-0.25, -0.2) is 0 Å². The monoisotopic (exact) mass is 313 g/mol. The minimum Gasteiger partial charge on any atom is -0.496 e.